The molecule has 0 aromatic carbocycles. The van der Waals surface area contributed by atoms with Crippen molar-refractivity contribution in [2.24, 2.45) is 23.2 Å². The van der Waals surface area contributed by atoms with Crippen LogP contribution >= 0.6 is 0 Å². The fourth-order valence-electron chi connectivity index (χ4n) is 7.35. The van der Waals surface area contributed by atoms with Crippen LogP contribution in [-0.2, 0) is 19.1 Å². The number of Topliss-reactive ketones (excluding diaryl/α,β-unsaturated/α-hetero) is 1. The fraction of sp³-hybridized carbons (Fsp3) is 0.571. The van der Waals surface area contributed by atoms with Crippen molar-refractivity contribution in [1.82, 2.24) is 10.2 Å². The van der Waals surface area contributed by atoms with Crippen LogP contribution in [0.15, 0.2) is 35.4 Å². The Kier molecular flexibility index (Phi) is 3.64. The Morgan fingerprint density at radius 2 is 2.23 bits per heavy atom. The van der Waals surface area contributed by atoms with Gasteiger partial charge in [0.2, 0.25) is 5.78 Å². The van der Waals surface area contributed by atoms with Gasteiger partial charge in [-0.15, -0.1) is 0 Å². The molecule has 3 saturated heterocycles. The van der Waals surface area contributed by atoms with Gasteiger partial charge in [-0.25, -0.2) is 0 Å². The lowest BCUT2D eigenvalue weighted by atomic mass is 9.53. The minimum atomic E-state index is -1.11. The third kappa shape index (κ3) is 2.23. The van der Waals surface area contributed by atoms with E-state index in [9.17, 15) is 29.6 Å². The van der Waals surface area contributed by atoms with Crippen LogP contribution in [0, 0.1) is 33.3 Å². The number of ether oxygens (including phenoxy) is 1. The van der Waals surface area contributed by atoms with Gasteiger partial charge in [-0.05, 0) is 48.9 Å². The lowest BCUT2D eigenvalue weighted by molar-refractivity contribution is -0.419. The molecule has 0 aromatic rings. The molecule has 10 nitrogen and oxygen atoms in total. The highest BCUT2D eigenvalue weighted by Gasteiger charge is 2.70. The quantitative estimate of drug-likeness (QED) is 0.281. The molecule has 6 aliphatic rings. The van der Waals surface area contributed by atoms with Gasteiger partial charge in [-0.2, -0.15) is 0 Å². The third-order valence-corrected chi connectivity index (χ3v) is 8.36. The van der Waals surface area contributed by atoms with Gasteiger partial charge in [0.25, 0.3) is 0 Å². The standard InChI is InChI=1S/C21H21N3O7/c25-12-6-11-17(18(19(12)28)24(29)30)22-20-16-10-5-14-21(11,20)2-3-23(14)8-9(10)1-4-31-13(16)7-15(26)27/h1,4,6,9-10,13-14,16,20,22H,2-3,5,7-8H2,(H,26,27)/t9-,10+,13+,14+,16-,20+,21+/m0/s1. The Morgan fingerprint density at radius 3 is 2.97 bits per heavy atom. The zero-order valence-electron chi connectivity index (χ0n) is 16.5. The molecule has 2 N–H and O–H groups in total. The lowest BCUT2D eigenvalue weighted by Crippen LogP contribution is -2.64. The predicted molar refractivity (Wildman–Crippen MR) is 103 cm³/mol. The Labute approximate surface area is 176 Å². The Bertz CT molecular complexity index is 1050. The first-order valence-corrected chi connectivity index (χ1v) is 10.6. The van der Waals surface area contributed by atoms with Crippen molar-refractivity contribution in [3.63, 3.8) is 0 Å². The normalized spacial score (nSPS) is 42.3. The maximum atomic E-state index is 12.4. The van der Waals surface area contributed by atoms with E-state index in [1.165, 1.54) is 6.08 Å². The molecule has 6 rings (SSSR count). The lowest BCUT2D eigenvalue weighted by Gasteiger charge is -2.56. The number of hydrogen-bond donors (Lipinski definition) is 2. The number of aliphatic carboxylic acids is 1. The molecule has 7 atom stereocenters. The van der Waals surface area contributed by atoms with Crippen LogP contribution in [0.5, 0.6) is 0 Å². The second-order valence-electron chi connectivity index (χ2n) is 9.40. The second kappa shape index (κ2) is 6.03. The van der Waals surface area contributed by atoms with Crippen molar-refractivity contribution in [3.8, 4) is 0 Å². The summed E-state index contributed by atoms with van der Waals surface area (Å²) in [4.78, 5) is 49.8. The Balaban J connectivity index is 1.56. The number of fused-ring (bicyclic) bond motifs is 2. The highest BCUT2D eigenvalue weighted by Crippen LogP contribution is 2.64. The SMILES string of the molecule is O=C(O)C[C@H]1OC=C[C@H]2CN3CC[C@]45C6=CC(=O)C(=O)C([N+](=O)[O-])=C6N[C@@H]4[C@H]1[C@@H]2C[C@@H]35. The molecule has 4 aliphatic heterocycles. The van der Waals surface area contributed by atoms with E-state index in [2.05, 4.69) is 10.2 Å². The maximum absolute atomic E-state index is 12.4. The van der Waals surface area contributed by atoms with Crippen LogP contribution < -0.4 is 5.32 Å². The zero-order valence-corrected chi connectivity index (χ0v) is 16.5. The molecular formula is C21H21N3O7. The summed E-state index contributed by atoms with van der Waals surface area (Å²) in [6.45, 7) is 1.60. The monoisotopic (exact) mass is 427 g/mol. The van der Waals surface area contributed by atoms with Gasteiger partial charge in [0.05, 0.1) is 17.6 Å². The molecule has 2 aliphatic carbocycles. The number of nitrogens with zero attached hydrogens (tertiary/aromatic N) is 2. The molecule has 0 radical (unpaired) electrons. The van der Waals surface area contributed by atoms with Crippen LogP contribution in [0.3, 0.4) is 0 Å². The van der Waals surface area contributed by atoms with E-state index in [0.29, 0.717) is 12.0 Å². The first-order valence-electron chi connectivity index (χ1n) is 10.6. The zero-order chi connectivity index (χ0) is 21.7. The molecule has 0 aromatic heterocycles. The number of carboxylic acid groups (broad SMARTS) is 1. The largest absolute Gasteiger partial charge is 0.497 e. The van der Waals surface area contributed by atoms with Crippen molar-refractivity contribution in [2.45, 2.75) is 37.5 Å². The summed E-state index contributed by atoms with van der Waals surface area (Å²) in [6.07, 6.45) is 5.62. The molecule has 2 bridgehead atoms. The molecule has 0 unspecified atom stereocenters. The third-order valence-electron chi connectivity index (χ3n) is 8.36. The van der Waals surface area contributed by atoms with Crippen molar-refractivity contribution in [2.75, 3.05) is 13.1 Å². The smallest absolute Gasteiger partial charge is 0.343 e. The number of nitrogens with one attached hydrogen (secondary N) is 1. The summed E-state index contributed by atoms with van der Waals surface area (Å²) in [5.74, 6) is -2.81. The summed E-state index contributed by atoms with van der Waals surface area (Å²) < 4.78 is 5.89. The molecular weight excluding hydrogens is 406 g/mol. The van der Waals surface area contributed by atoms with Crippen molar-refractivity contribution < 1.29 is 29.2 Å². The van der Waals surface area contributed by atoms with Gasteiger partial charge >= 0.3 is 17.4 Å². The van der Waals surface area contributed by atoms with Crippen LogP contribution in [0.1, 0.15) is 19.3 Å². The number of ketones is 2. The van der Waals surface area contributed by atoms with Crippen LogP contribution in [-0.4, -0.2) is 63.7 Å². The molecule has 0 amide bonds. The van der Waals surface area contributed by atoms with Crippen molar-refractivity contribution in [3.05, 3.63) is 45.5 Å². The number of allylic oxidation sites excluding steroid dienone is 3. The van der Waals surface area contributed by atoms with Gasteiger partial charge in [0.15, 0.2) is 0 Å². The highest BCUT2D eigenvalue weighted by molar-refractivity contribution is 6.48. The minimum Gasteiger partial charge on any atom is -0.497 e. The number of hydrogen-bond acceptors (Lipinski definition) is 8. The number of piperidine rings is 1. The molecule has 1 spiro atoms. The molecule has 162 valence electrons. The topological polar surface area (TPSA) is 139 Å². The van der Waals surface area contributed by atoms with Gasteiger partial charge in [-0.3, -0.25) is 29.4 Å². The van der Waals surface area contributed by atoms with E-state index < -0.39 is 39.7 Å². The predicted octanol–water partition coefficient (Wildman–Crippen LogP) is 0.239. The van der Waals surface area contributed by atoms with Gasteiger partial charge in [0.1, 0.15) is 11.8 Å². The van der Waals surface area contributed by atoms with Crippen molar-refractivity contribution in [1.29, 1.82) is 0 Å². The average molecular weight is 427 g/mol. The Morgan fingerprint density at radius 1 is 1.42 bits per heavy atom. The van der Waals surface area contributed by atoms with Gasteiger partial charge < -0.3 is 15.2 Å². The molecule has 4 fully saturated rings. The average Bonchev–Trinajstić information content (AvgIpc) is 3.18. The van der Waals surface area contributed by atoms with Crippen molar-refractivity contribution >= 4 is 17.5 Å². The maximum Gasteiger partial charge on any atom is 0.343 e. The number of carbonyl (C=O) groups is 3. The molecule has 31 heavy (non-hydrogen) atoms. The summed E-state index contributed by atoms with van der Waals surface area (Å²) >= 11 is 0. The number of rotatable bonds is 3. The van der Waals surface area contributed by atoms with Crippen LogP contribution in [0.4, 0.5) is 0 Å². The van der Waals surface area contributed by atoms with E-state index in [1.54, 1.807) is 6.26 Å². The van der Waals surface area contributed by atoms with Crippen LogP contribution in [0.2, 0.25) is 0 Å². The summed E-state index contributed by atoms with van der Waals surface area (Å²) in [5.41, 5.74) is -0.594. The Hall–Kier alpha value is -3.01. The van der Waals surface area contributed by atoms with E-state index in [-0.39, 0.29) is 42.0 Å². The van der Waals surface area contributed by atoms with E-state index >= 15 is 0 Å². The van der Waals surface area contributed by atoms with E-state index in [4.69, 9.17) is 4.74 Å². The van der Waals surface area contributed by atoms with E-state index in [0.717, 1.165) is 19.5 Å². The van der Waals surface area contributed by atoms with E-state index in [1.807, 2.05) is 6.08 Å². The number of carbonyl (C=O) groups excluding carboxylic acids is 2. The number of nitro groups is 1. The molecule has 4 heterocycles. The minimum absolute atomic E-state index is 0.0808. The molecule has 1 saturated carbocycles. The summed E-state index contributed by atoms with van der Waals surface area (Å²) in [7, 11) is 0. The van der Waals surface area contributed by atoms with Gasteiger partial charge in [0, 0.05) is 30.0 Å². The second-order valence-corrected chi connectivity index (χ2v) is 9.40. The summed E-state index contributed by atoms with van der Waals surface area (Å²) in [6, 6.07) is -0.263. The first kappa shape index (κ1) is 18.7. The van der Waals surface area contributed by atoms with Gasteiger partial charge in [-0.1, -0.05) is 0 Å². The first-order chi connectivity index (χ1) is 14.8. The number of carboxylic acids is 1. The molecule has 10 heteroatoms. The summed E-state index contributed by atoms with van der Waals surface area (Å²) in [5, 5.41) is 24.5. The fourth-order valence-corrected chi connectivity index (χ4v) is 7.35. The highest BCUT2D eigenvalue weighted by atomic mass is 16.6. The van der Waals surface area contributed by atoms with Crippen LogP contribution in [0.25, 0.3) is 0 Å².